The fraction of sp³-hybridized carbons (Fsp3) is 0.500. The molecule has 2 aromatic rings. The zero-order chi connectivity index (χ0) is 24.8. The number of hydrogen-bond donors (Lipinski definition) is 2. The maximum atomic E-state index is 14.8. The third-order valence-corrected chi connectivity index (χ3v) is 6.57. The minimum atomic E-state index is -4.87. The van der Waals surface area contributed by atoms with Crippen LogP contribution in [-0.4, -0.2) is 51.3 Å². The van der Waals surface area contributed by atoms with Crippen LogP contribution in [-0.2, 0) is 9.53 Å². The van der Waals surface area contributed by atoms with Crippen molar-refractivity contribution in [1.82, 2.24) is 10.2 Å². The number of hydrogen-bond acceptors (Lipinski definition) is 6. The lowest BCUT2D eigenvalue weighted by atomic mass is 9.76. The number of alkyl halides is 3. The van der Waals surface area contributed by atoms with Gasteiger partial charge in [-0.2, -0.15) is 27.8 Å². The molecule has 0 unspecified atom stereocenters. The number of rotatable bonds is 5. The maximum absolute atomic E-state index is 14.8. The van der Waals surface area contributed by atoms with E-state index in [-0.39, 0.29) is 24.1 Å². The van der Waals surface area contributed by atoms with E-state index in [9.17, 15) is 31.9 Å². The molecule has 1 aromatic heterocycles. The Kier molecular flexibility index (Phi) is 6.23. The van der Waals surface area contributed by atoms with Gasteiger partial charge in [-0.3, -0.25) is 4.79 Å². The number of aliphatic hydroxyl groups excluding tert-OH is 1. The zero-order valence-electron chi connectivity index (χ0n) is 18.1. The van der Waals surface area contributed by atoms with Crippen LogP contribution in [0.4, 0.5) is 27.6 Å². The molecule has 0 bridgehead atoms. The molecule has 12 heteroatoms. The molecule has 2 heterocycles. The highest BCUT2D eigenvalue weighted by atomic mass is 19.4. The molecule has 1 saturated carbocycles. The Balaban J connectivity index is 1.76. The van der Waals surface area contributed by atoms with Gasteiger partial charge in [0.1, 0.15) is 12.2 Å². The van der Waals surface area contributed by atoms with Gasteiger partial charge in [0.2, 0.25) is 5.82 Å². The highest BCUT2D eigenvalue weighted by Gasteiger charge is 2.66. The van der Waals surface area contributed by atoms with Gasteiger partial charge in [0, 0.05) is 30.2 Å². The fourth-order valence-electron chi connectivity index (χ4n) is 4.33. The first-order valence-corrected chi connectivity index (χ1v) is 10.6. The van der Waals surface area contributed by atoms with Crippen molar-refractivity contribution in [3.05, 3.63) is 47.8 Å². The average molecular weight is 487 g/mol. The number of ether oxygens (including phenoxy) is 2. The first-order chi connectivity index (χ1) is 15.9. The van der Waals surface area contributed by atoms with Crippen molar-refractivity contribution < 1.29 is 41.3 Å². The Morgan fingerprint density at radius 1 is 1.24 bits per heavy atom. The topological polar surface area (TPSA) is 93.6 Å². The van der Waals surface area contributed by atoms with Crippen LogP contribution in [0, 0.1) is 17.6 Å². The summed E-state index contributed by atoms with van der Waals surface area (Å²) in [5.74, 6) is -6.87. The monoisotopic (exact) mass is 487 g/mol. The smallest absolute Gasteiger partial charge is 0.417 e. The molecular formula is C22H22F5N3O4. The van der Waals surface area contributed by atoms with Gasteiger partial charge in [0.25, 0.3) is 5.91 Å². The Hall–Kier alpha value is -2.86. The largest absolute Gasteiger partial charge is 0.487 e. The molecule has 4 atom stereocenters. The summed E-state index contributed by atoms with van der Waals surface area (Å²) >= 11 is 0. The summed E-state index contributed by atoms with van der Waals surface area (Å²) in [4.78, 5) is 13.1. The summed E-state index contributed by atoms with van der Waals surface area (Å²) in [6, 6.07) is 3.25. The second-order valence-corrected chi connectivity index (χ2v) is 8.72. The standard InChI is InChI=1S/C22H22F5N3O4/c1-10-16(14-3-4-15(23)17(24)18(14)33-13-7-12(31)8-13)19(34-21(10,2)22(25,26)27)20(32)30-11-5-6-28-29-9-11/h3-6,9-10,12-13,16,19,31H,7-8H2,1-2H3,(H,28,30,32)/t10-,12?,13?,16-,19+,21+/m0/s1. The number of carbonyl (C=O) groups is 1. The molecule has 1 saturated heterocycles. The van der Waals surface area contributed by atoms with E-state index >= 15 is 0 Å². The van der Waals surface area contributed by atoms with Crippen LogP contribution in [0.2, 0.25) is 0 Å². The van der Waals surface area contributed by atoms with Crippen LogP contribution in [0.5, 0.6) is 5.75 Å². The molecule has 184 valence electrons. The normalized spacial score (nSPS) is 31.1. The van der Waals surface area contributed by atoms with Gasteiger partial charge in [0.05, 0.1) is 24.2 Å². The Morgan fingerprint density at radius 2 is 1.94 bits per heavy atom. The van der Waals surface area contributed by atoms with E-state index in [1.165, 1.54) is 25.4 Å². The van der Waals surface area contributed by atoms with Crippen LogP contribution >= 0.6 is 0 Å². The van der Waals surface area contributed by atoms with Crippen LogP contribution in [0.15, 0.2) is 30.6 Å². The van der Waals surface area contributed by atoms with E-state index in [1.807, 2.05) is 0 Å². The second kappa shape index (κ2) is 8.73. The number of nitrogens with one attached hydrogen (secondary N) is 1. The summed E-state index contributed by atoms with van der Waals surface area (Å²) in [5.41, 5.74) is -2.72. The second-order valence-electron chi connectivity index (χ2n) is 8.72. The van der Waals surface area contributed by atoms with E-state index in [0.717, 1.165) is 19.1 Å². The van der Waals surface area contributed by atoms with E-state index < -0.39 is 65.2 Å². The van der Waals surface area contributed by atoms with Crippen LogP contribution in [0.3, 0.4) is 0 Å². The van der Waals surface area contributed by atoms with Crippen molar-refractivity contribution in [1.29, 1.82) is 0 Å². The fourth-order valence-corrected chi connectivity index (χ4v) is 4.33. The Labute approximate surface area is 191 Å². The van der Waals surface area contributed by atoms with E-state index in [4.69, 9.17) is 9.47 Å². The summed E-state index contributed by atoms with van der Waals surface area (Å²) in [6.07, 6.45) is -5.10. The molecule has 2 N–H and O–H groups in total. The number of nitrogens with zero attached hydrogens (tertiary/aromatic N) is 2. The van der Waals surface area contributed by atoms with E-state index in [2.05, 4.69) is 15.5 Å². The Morgan fingerprint density at radius 3 is 2.53 bits per heavy atom. The van der Waals surface area contributed by atoms with Crippen molar-refractivity contribution >= 4 is 11.6 Å². The van der Waals surface area contributed by atoms with Gasteiger partial charge >= 0.3 is 6.18 Å². The highest BCUT2D eigenvalue weighted by Crippen LogP contribution is 2.55. The quantitative estimate of drug-likeness (QED) is 0.625. The van der Waals surface area contributed by atoms with Gasteiger partial charge in [-0.25, -0.2) is 4.39 Å². The lowest BCUT2D eigenvalue weighted by Gasteiger charge is -2.34. The molecule has 4 rings (SSSR count). The molecule has 2 aliphatic rings. The van der Waals surface area contributed by atoms with Gasteiger partial charge < -0.3 is 19.9 Å². The van der Waals surface area contributed by atoms with Crippen LogP contribution in [0.25, 0.3) is 0 Å². The zero-order valence-corrected chi connectivity index (χ0v) is 18.1. The molecule has 0 spiro atoms. The van der Waals surface area contributed by atoms with Gasteiger partial charge in [-0.15, -0.1) is 0 Å². The molecule has 1 amide bonds. The van der Waals surface area contributed by atoms with Crippen molar-refractivity contribution in [3.8, 4) is 5.75 Å². The summed E-state index contributed by atoms with van der Waals surface area (Å²) in [7, 11) is 0. The van der Waals surface area contributed by atoms with Crippen molar-refractivity contribution in [3.63, 3.8) is 0 Å². The summed E-state index contributed by atoms with van der Waals surface area (Å²) in [6.45, 7) is 2.05. The Bertz CT molecular complexity index is 1060. The van der Waals surface area contributed by atoms with Crippen molar-refractivity contribution in [2.45, 2.75) is 62.7 Å². The molecule has 34 heavy (non-hydrogen) atoms. The molecular weight excluding hydrogens is 465 g/mol. The first-order valence-electron chi connectivity index (χ1n) is 10.6. The van der Waals surface area contributed by atoms with Crippen molar-refractivity contribution in [2.75, 3.05) is 5.32 Å². The number of halogens is 5. The minimum absolute atomic E-state index is 0.131. The third kappa shape index (κ3) is 4.20. The van der Waals surface area contributed by atoms with E-state index in [0.29, 0.717) is 0 Å². The van der Waals surface area contributed by atoms with Gasteiger partial charge in [-0.05, 0) is 19.1 Å². The van der Waals surface area contributed by atoms with Crippen molar-refractivity contribution in [2.24, 2.45) is 5.92 Å². The van der Waals surface area contributed by atoms with Gasteiger partial charge in [0.15, 0.2) is 17.2 Å². The number of aliphatic hydroxyl groups is 1. The molecule has 0 radical (unpaired) electrons. The number of anilines is 1. The van der Waals surface area contributed by atoms with Crippen LogP contribution < -0.4 is 10.1 Å². The molecule has 1 aliphatic heterocycles. The number of carbonyl (C=O) groups excluding carboxylic acids is 1. The first kappa shape index (κ1) is 24.3. The predicted molar refractivity (Wildman–Crippen MR) is 108 cm³/mol. The molecule has 7 nitrogen and oxygen atoms in total. The lowest BCUT2D eigenvalue weighted by Crippen LogP contribution is -2.47. The SMILES string of the molecule is C[C@H]1[C@@H](c2ccc(F)c(F)c2OC2CC(O)C2)[C@H](C(=O)Nc2ccnnc2)O[C@@]1(C)C(F)(F)F. The third-order valence-electron chi connectivity index (χ3n) is 6.57. The number of amides is 1. The minimum Gasteiger partial charge on any atom is -0.487 e. The van der Waals surface area contributed by atoms with Crippen LogP contribution in [0.1, 0.15) is 38.2 Å². The number of benzene rings is 1. The predicted octanol–water partition coefficient (Wildman–Crippen LogP) is 3.74. The summed E-state index contributed by atoms with van der Waals surface area (Å²) < 4.78 is 81.9. The van der Waals surface area contributed by atoms with Gasteiger partial charge in [-0.1, -0.05) is 13.0 Å². The maximum Gasteiger partial charge on any atom is 0.417 e. The molecule has 1 aromatic carbocycles. The highest BCUT2D eigenvalue weighted by molar-refractivity contribution is 5.95. The number of aromatic nitrogens is 2. The molecule has 2 fully saturated rings. The molecule has 1 aliphatic carbocycles. The van der Waals surface area contributed by atoms with E-state index in [1.54, 1.807) is 0 Å². The average Bonchev–Trinajstić information content (AvgIpc) is 3.03. The summed E-state index contributed by atoms with van der Waals surface area (Å²) in [5, 5.41) is 19.1. The lowest BCUT2D eigenvalue weighted by molar-refractivity contribution is -0.272.